The van der Waals surface area contributed by atoms with Crippen molar-refractivity contribution in [3.05, 3.63) is 59.7 Å². The second kappa shape index (κ2) is 10.1. The Hall–Kier alpha value is -1.30. The molecule has 0 nitrogen and oxygen atoms in total. The molecule has 0 atom stereocenters. The molecule has 0 N–H and O–H groups in total. The topological polar surface area (TPSA) is 0 Å². The third kappa shape index (κ3) is 5.60. The molecular weight excluding hydrogens is 312 g/mol. The standard InChI is InChI=1S/C26H38.2H2/c1-3-4-5-6-7-8-22-11-15-24(16-12-22)26-19-17-25(18-20-26)23-13-9-21(2)10-14-23;;/h3-4,7-10,13-14,22,24-26H,5-6,11-12,15-20H2,1-2H3;2*1H/b4-3+,8-7+;;. The van der Waals surface area contributed by atoms with Gasteiger partial charge in [0.05, 0.1) is 0 Å². The molecule has 26 heavy (non-hydrogen) atoms. The van der Waals surface area contributed by atoms with Crippen LogP contribution in [0.2, 0.25) is 0 Å². The first-order valence-electron chi connectivity index (χ1n) is 11.1. The zero-order chi connectivity index (χ0) is 18.2. The highest BCUT2D eigenvalue weighted by Gasteiger charge is 2.30. The van der Waals surface area contributed by atoms with Gasteiger partial charge in [0.15, 0.2) is 0 Å². The zero-order valence-corrected chi connectivity index (χ0v) is 17.0. The lowest BCUT2D eigenvalue weighted by Gasteiger charge is -2.37. The summed E-state index contributed by atoms with van der Waals surface area (Å²) in [5, 5.41) is 0. The summed E-state index contributed by atoms with van der Waals surface area (Å²) in [6, 6.07) is 9.31. The summed E-state index contributed by atoms with van der Waals surface area (Å²) < 4.78 is 0. The zero-order valence-electron chi connectivity index (χ0n) is 17.0. The molecule has 0 saturated heterocycles. The summed E-state index contributed by atoms with van der Waals surface area (Å²) >= 11 is 0. The molecule has 0 heterocycles. The van der Waals surface area contributed by atoms with E-state index < -0.39 is 0 Å². The van der Waals surface area contributed by atoms with Crippen LogP contribution in [0.3, 0.4) is 0 Å². The van der Waals surface area contributed by atoms with E-state index in [2.05, 4.69) is 62.4 Å². The van der Waals surface area contributed by atoms with Gasteiger partial charge in [-0.15, -0.1) is 0 Å². The summed E-state index contributed by atoms with van der Waals surface area (Å²) in [5.41, 5.74) is 2.97. The van der Waals surface area contributed by atoms with Crippen LogP contribution in [0.4, 0.5) is 0 Å². The Morgan fingerprint density at radius 1 is 0.808 bits per heavy atom. The fourth-order valence-electron chi connectivity index (χ4n) is 5.22. The normalized spacial score (nSPS) is 30.2. The summed E-state index contributed by atoms with van der Waals surface area (Å²) in [4.78, 5) is 0. The maximum absolute atomic E-state index is 2.52. The van der Waals surface area contributed by atoms with Gasteiger partial charge in [0.2, 0.25) is 0 Å². The van der Waals surface area contributed by atoms with Crippen LogP contribution < -0.4 is 0 Å². The second-order valence-corrected chi connectivity index (χ2v) is 8.77. The predicted molar refractivity (Wildman–Crippen MR) is 119 cm³/mol. The van der Waals surface area contributed by atoms with Crippen LogP contribution in [0.5, 0.6) is 0 Å². The van der Waals surface area contributed by atoms with E-state index in [4.69, 9.17) is 0 Å². The molecule has 0 bridgehead atoms. The van der Waals surface area contributed by atoms with Gasteiger partial charge in [0.25, 0.3) is 0 Å². The smallest absolute Gasteiger partial charge is 0 e. The van der Waals surface area contributed by atoms with Crippen LogP contribution in [-0.2, 0) is 0 Å². The van der Waals surface area contributed by atoms with E-state index in [1.807, 2.05) is 0 Å². The van der Waals surface area contributed by atoms with Crippen molar-refractivity contribution in [3.63, 3.8) is 0 Å². The predicted octanol–water partition coefficient (Wildman–Crippen LogP) is 8.48. The van der Waals surface area contributed by atoms with Gasteiger partial charge < -0.3 is 0 Å². The molecule has 0 amide bonds. The summed E-state index contributed by atoms with van der Waals surface area (Å²) in [6.45, 7) is 4.30. The Balaban J connectivity index is 0.00000196. The minimum atomic E-state index is 0. The van der Waals surface area contributed by atoms with E-state index in [0.29, 0.717) is 0 Å². The Morgan fingerprint density at radius 2 is 1.38 bits per heavy atom. The van der Waals surface area contributed by atoms with Crippen molar-refractivity contribution in [2.45, 2.75) is 84.0 Å². The Bertz CT molecular complexity index is 571. The lowest BCUT2D eigenvalue weighted by molar-refractivity contribution is 0.171. The Kier molecular flexibility index (Phi) is 7.59. The molecule has 1 aromatic rings. The van der Waals surface area contributed by atoms with E-state index in [1.54, 1.807) is 5.56 Å². The number of benzene rings is 1. The summed E-state index contributed by atoms with van der Waals surface area (Å²) in [5.74, 6) is 3.71. The Morgan fingerprint density at radius 3 is 2.00 bits per heavy atom. The van der Waals surface area contributed by atoms with E-state index in [9.17, 15) is 0 Å². The molecule has 1 aromatic carbocycles. The van der Waals surface area contributed by atoms with E-state index >= 15 is 0 Å². The quantitative estimate of drug-likeness (QED) is 0.355. The molecular formula is C26H42. The molecule has 0 aliphatic heterocycles. The monoisotopic (exact) mass is 354 g/mol. The van der Waals surface area contributed by atoms with E-state index in [1.165, 1.54) is 69.8 Å². The molecule has 2 aliphatic carbocycles. The summed E-state index contributed by atoms with van der Waals surface area (Å²) in [6.07, 6.45) is 23.4. The number of hydrogen-bond donors (Lipinski definition) is 0. The molecule has 0 heteroatoms. The minimum absolute atomic E-state index is 0. The third-order valence-electron chi connectivity index (χ3n) is 6.95. The van der Waals surface area contributed by atoms with E-state index in [0.717, 1.165) is 23.7 Å². The van der Waals surface area contributed by atoms with Crippen molar-refractivity contribution in [3.8, 4) is 0 Å². The van der Waals surface area contributed by atoms with Crippen LogP contribution in [0.15, 0.2) is 48.6 Å². The Labute approximate surface area is 164 Å². The van der Waals surface area contributed by atoms with Gasteiger partial charge >= 0.3 is 0 Å². The molecule has 2 fully saturated rings. The average molecular weight is 355 g/mol. The van der Waals surface area contributed by atoms with Gasteiger partial charge in [-0.1, -0.05) is 54.1 Å². The van der Waals surface area contributed by atoms with Crippen LogP contribution in [0.25, 0.3) is 0 Å². The second-order valence-electron chi connectivity index (χ2n) is 8.77. The first-order valence-corrected chi connectivity index (χ1v) is 11.1. The maximum Gasteiger partial charge on any atom is 0 e. The van der Waals surface area contributed by atoms with Crippen molar-refractivity contribution >= 4 is 0 Å². The lowest BCUT2D eigenvalue weighted by Crippen LogP contribution is -2.25. The van der Waals surface area contributed by atoms with Crippen molar-refractivity contribution in [1.82, 2.24) is 0 Å². The van der Waals surface area contributed by atoms with Crippen molar-refractivity contribution in [2.24, 2.45) is 17.8 Å². The summed E-state index contributed by atoms with van der Waals surface area (Å²) in [7, 11) is 0. The number of unbranched alkanes of at least 4 members (excludes halogenated alkanes) is 1. The van der Waals surface area contributed by atoms with Crippen LogP contribution in [-0.4, -0.2) is 0 Å². The number of allylic oxidation sites excluding steroid dienone is 4. The first kappa shape index (κ1) is 19.5. The van der Waals surface area contributed by atoms with Gasteiger partial charge in [-0.3, -0.25) is 0 Å². The largest absolute Gasteiger partial charge is 0.0917 e. The van der Waals surface area contributed by atoms with Gasteiger partial charge in [-0.05, 0) is 107 Å². The van der Waals surface area contributed by atoms with Crippen molar-refractivity contribution in [1.29, 1.82) is 0 Å². The lowest BCUT2D eigenvalue weighted by atomic mass is 9.68. The molecule has 0 radical (unpaired) electrons. The van der Waals surface area contributed by atoms with E-state index in [-0.39, 0.29) is 2.85 Å². The van der Waals surface area contributed by atoms with Crippen LogP contribution in [0, 0.1) is 24.7 Å². The maximum atomic E-state index is 2.52. The molecule has 0 aromatic heterocycles. The highest BCUT2D eigenvalue weighted by molar-refractivity contribution is 5.24. The van der Waals surface area contributed by atoms with Gasteiger partial charge in [0, 0.05) is 2.85 Å². The van der Waals surface area contributed by atoms with Crippen LogP contribution >= 0.6 is 0 Å². The van der Waals surface area contributed by atoms with Gasteiger partial charge in [-0.2, -0.15) is 0 Å². The molecule has 0 unspecified atom stereocenters. The highest BCUT2D eigenvalue weighted by Crippen LogP contribution is 2.44. The third-order valence-corrected chi connectivity index (χ3v) is 6.95. The van der Waals surface area contributed by atoms with Gasteiger partial charge in [0.1, 0.15) is 0 Å². The minimum Gasteiger partial charge on any atom is -0.0917 e. The fourth-order valence-corrected chi connectivity index (χ4v) is 5.22. The van der Waals surface area contributed by atoms with Crippen LogP contribution in [0.1, 0.15) is 91.0 Å². The number of rotatable bonds is 6. The van der Waals surface area contributed by atoms with Crippen molar-refractivity contribution in [2.75, 3.05) is 0 Å². The molecule has 2 saturated carbocycles. The molecule has 3 rings (SSSR count). The molecule has 146 valence electrons. The first-order chi connectivity index (χ1) is 12.8. The SMILES string of the molecule is C/C=C/CC/C=C/C1CCC(C2CCC(c3ccc(C)cc3)CC2)CC1.[HH].[HH]. The number of aryl methyl sites for hydroxylation is 1. The average Bonchev–Trinajstić information content (AvgIpc) is 2.69. The number of hydrogen-bond acceptors (Lipinski definition) is 0. The fraction of sp³-hybridized carbons (Fsp3) is 0.615. The molecule has 2 aliphatic rings. The van der Waals surface area contributed by atoms with Crippen molar-refractivity contribution < 1.29 is 2.85 Å². The molecule has 0 spiro atoms. The van der Waals surface area contributed by atoms with Gasteiger partial charge in [-0.25, -0.2) is 0 Å². The highest BCUT2D eigenvalue weighted by atomic mass is 14.4.